The zero-order chi connectivity index (χ0) is 59.2. The molecule has 0 N–H and O–H groups in total. The summed E-state index contributed by atoms with van der Waals surface area (Å²) in [6.07, 6.45) is 93.7. The minimum Gasteiger partial charge on any atom is -0.462 e. The predicted octanol–water partition coefficient (Wildman–Crippen LogP) is 24.6. The van der Waals surface area contributed by atoms with Crippen LogP contribution in [-0.4, -0.2) is 37.2 Å². The van der Waals surface area contributed by atoms with E-state index < -0.39 is 6.10 Å². The largest absolute Gasteiger partial charge is 0.462 e. The van der Waals surface area contributed by atoms with Crippen LogP contribution in [0.5, 0.6) is 0 Å². The lowest BCUT2D eigenvalue weighted by Crippen LogP contribution is -2.30. The molecule has 0 saturated carbocycles. The second kappa shape index (κ2) is 70.1. The number of hydrogen-bond donors (Lipinski definition) is 0. The summed E-state index contributed by atoms with van der Waals surface area (Å²) in [4.78, 5) is 38.3. The van der Waals surface area contributed by atoms with E-state index in [-0.39, 0.29) is 37.5 Å². The van der Waals surface area contributed by atoms with Gasteiger partial charge in [0, 0.05) is 19.3 Å². The van der Waals surface area contributed by atoms with Crippen LogP contribution in [0.4, 0.5) is 0 Å². The molecule has 0 aliphatic carbocycles. The highest BCUT2D eigenvalue weighted by molar-refractivity contribution is 5.71. The maximum Gasteiger partial charge on any atom is 0.306 e. The predicted molar refractivity (Wildman–Crippen MR) is 358 cm³/mol. The molecule has 82 heavy (non-hydrogen) atoms. The van der Waals surface area contributed by atoms with E-state index in [1.165, 1.54) is 205 Å². The Labute approximate surface area is 509 Å². The molecule has 0 aromatic rings. The van der Waals surface area contributed by atoms with Crippen molar-refractivity contribution in [3.05, 3.63) is 85.1 Å². The summed E-state index contributed by atoms with van der Waals surface area (Å²) in [7, 11) is 0. The summed E-state index contributed by atoms with van der Waals surface area (Å²) in [5, 5.41) is 0. The molecule has 0 heterocycles. The van der Waals surface area contributed by atoms with Crippen LogP contribution in [0.15, 0.2) is 85.1 Å². The third-order valence-corrected chi connectivity index (χ3v) is 15.6. The van der Waals surface area contributed by atoms with Gasteiger partial charge in [-0.3, -0.25) is 14.4 Å². The number of carbonyl (C=O) groups excluding carboxylic acids is 3. The van der Waals surface area contributed by atoms with Crippen LogP contribution < -0.4 is 0 Å². The Morgan fingerprint density at radius 3 is 0.817 bits per heavy atom. The molecule has 6 nitrogen and oxygen atoms in total. The van der Waals surface area contributed by atoms with Gasteiger partial charge in [-0.05, 0) is 109 Å². The zero-order valence-corrected chi connectivity index (χ0v) is 54.5. The molecule has 1 atom stereocenters. The molecular weight excluding hydrogens is 1010 g/mol. The van der Waals surface area contributed by atoms with Crippen LogP contribution >= 0.6 is 0 Å². The van der Waals surface area contributed by atoms with E-state index in [0.29, 0.717) is 12.8 Å². The molecule has 0 radical (unpaired) electrons. The van der Waals surface area contributed by atoms with Gasteiger partial charge in [-0.2, -0.15) is 0 Å². The molecule has 0 aliphatic heterocycles. The maximum atomic E-state index is 12.9. The van der Waals surface area contributed by atoms with Gasteiger partial charge in [0.05, 0.1) is 0 Å². The summed E-state index contributed by atoms with van der Waals surface area (Å²) >= 11 is 0. The number of hydrogen-bond acceptors (Lipinski definition) is 6. The molecule has 0 aliphatic rings. The molecule has 0 amide bonds. The topological polar surface area (TPSA) is 78.9 Å². The van der Waals surface area contributed by atoms with E-state index in [0.717, 1.165) is 116 Å². The third-order valence-electron chi connectivity index (χ3n) is 15.6. The van der Waals surface area contributed by atoms with Crippen molar-refractivity contribution in [2.24, 2.45) is 0 Å². The fourth-order valence-electron chi connectivity index (χ4n) is 10.3. The van der Waals surface area contributed by atoms with Gasteiger partial charge in [0.15, 0.2) is 6.10 Å². The van der Waals surface area contributed by atoms with E-state index in [2.05, 4.69) is 106 Å². The van der Waals surface area contributed by atoms with Gasteiger partial charge >= 0.3 is 17.9 Å². The average Bonchev–Trinajstić information content (AvgIpc) is 3.48. The lowest BCUT2D eigenvalue weighted by molar-refractivity contribution is -0.167. The van der Waals surface area contributed by atoms with Crippen molar-refractivity contribution in [2.75, 3.05) is 13.2 Å². The van der Waals surface area contributed by atoms with Crippen molar-refractivity contribution >= 4 is 17.9 Å². The highest BCUT2D eigenvalue weighted by Gasteiger charge is 2.19. The Morgan fingerprint density at radius 1 is 0.256 bits per heavy atom. The molecule has 474 valence electrons. The summed E-state index contributed by atoms with van der Waals surface area (Å²) < 4.78 is 16.9. The number of rotatable bonds is 65. The molecular formula is C76H134O6. The van der Waals surface area contributed by atoms with E-state index in [9.17, 15) is 14.4 Å². The molecule has 0 aromatic heterocycles. The minimum absolute atomic E-state index is 0.0901. The average molecular weight is 1140 g/mol. The maximum absolute atomic E-state index is 12.9. The fourth-order valence-corrected chi connectivity index (χ4v) is 10.3. The number of ether oxygens (including phenoxy) is 3. The van der Waals surface area contributed by atoms with Gasteiger partial charge in [0.1, 0.15) is 13.2 Å². The van der Waals surface area contributed by atoms with Gasteiger partial charge in [-0.1, -0.05) is 318 Å². The molecule has 0 bridgehead atoms. The summed E-state index contributed by atoms with van der Waals surface area (Å²) in [5.74, 6) is -0.921. The third kappa shape index (κ3) is 67.4. The Morgan fingerprint density at radius 2 is 0.500 bits per heavy atom. The second-order valence-corrected chi connectivity index (χ2v) is 23.8. The first kappa shape index (κ1) is 78.6. The van der Waals surface area contributed by atoms with Crippen molar-refractivity contribution in [3.8, 4) is 0 Å². The minimum atomic E-state index is -0.797. The van der Waals surface area contributed by atoms with Crippen LogP contribution in [-0.2, 0) is 28.6 Å². The van der Waals surface area contributed by atoms with E-state index in [1.807, 2.05) is 0 Å². The monoisotopic (exact) mass is 1140 g/mol. The van der Waals surface area contributed by atoms with Gasteiger partial charge in [-0.25, -0.2) is 0 Å². The first-order valence-electron chi connectivity index (χ1n) is 35.6. The summed E-state index contributed by atoms with van der Waals surface area (Å²) in [6.45, 7) is 6.47. The Bertz CT molecular complexity index is 1550. The lowest BCUT2D eigenvalue weighted by atomic mass is 10.0. The van der Waals surface area contributed by atoms with Crippen LogP contribution in [0.3, 0.4) is 0 Å². The Hall–Kier alpha value is -3.41. The van der Waals surface area contributed by atoms with Gasteiger partial charge in [0.25, 0.3) is 0 Å². The molecule has 0 rings (SSSR count). The summed E-state index contributed by atoms with van der Waals surface area (Å²) in [6, 6.07) is 0. The lowest BCUT2D eigenvalue weighted by Gasteiger charge is -2.18. The van der Waals surface area contributed by atoms with Gasteiger partial charge in [-0.15, -0.1) is 0 Å². The van der Waals surface area contributed by atoms with E-state index in [1.54, 1.807) is 0 Å². The number of unbranched alkanes of at least 4 members (excludes halogenated alkanes) is 40. The Kier molecular flexibility index (Phi) is 67.2. The van der Waals surface area contributed by atoms with Gasteiger partial charge in [0.2, 0.25) is 0 Å². The number of allylic oxidation sites excluding steroid dienone is 14. The van der Waals surface area contributed by atoms with E-state index in [4.69, 9.17) is 14.2 Å². The number of esters is 3. The van der Waals surface area contributed by atoms with Crippen LogP contribution in [0, 0.1) is 0 Å². The first-order chi connectivity index (χ1) is 40.5. The van der Waals surface area contributed by atoms with Crippen LogP contribution in [0.25, 0.3) is 0 Å². The van der Waals surface area contributed by atoms with Crippen LogP contribution in [0.2, 0.25) is 0 Å². The van der Waals surface area contributed by atoms with Crippen molar-refractivity contribution in [1.29, 1.82) is 0 Å². The SMILES string of the molecule is CC/C=C\C/C=C\C/C=C\C/C=C\C/C=C\CCCCCC(=O)OC(COC(=O)CCCCCCC/C=C\CCC)COC(=O)CCCCCCCCCCCCCCCCCCCCCCCCC/C=C\CCCCCCCCCC. The molecule has 0 spiro atoms. The summed E-state index contributed by atoms with van der Waals surface area (Å²) in [5.41, 5.74) is 0. The highest BCUT2D eigenvalue weighted by atomic mass is 16.6. The van der Waals surface area contributed by atoms with Crippen molar-refractivity contribution in [3.63, 3.8) is 0 Å². The quantitative estimate of drug-likeness (QED) is 0.0261. The van der Waals surface area contributed by atoms with Gasteiger partial charge < -0.3 is 14.2 Å². The van der Waals surface area contributed by atoms with Crippen LogP contribution in [0.1, 0.15) is 361 Å². The van der Waals surface area contributed by atoms with E-state index >= 15 is 0 Å². The number of carbonyl (C=O) groups is 3. The smallest absolute Gasteiger partial charge is 0.306 e. The molecule has 0 aromatic carbocycles. The second-order valence-electron chi connectivity index (χ2n) is 23.8. The zero-order valence-electron chi connectivity index (χ0n) is 54.5. The molecule has 0 saturated heterocycles. The highest BCUT2D eigenvalue weighted by Crippen LogP contribution is 2.18. The Balaban J connectivity index is 4.08. The molecule has 1 unspecified atom stereocenters. The standard InChI is InChI=1S/C76H134O6/c1-4-7-10-13-16-19-22-24-26-28-30-31-32-33-34-35-36-37-38-39-40-41-42-43-44-45-47-48-50-52-54-57-60-63-66-69-75(78)81-72-73(71-80-74(77)68-65-62-59-56-21-18-15-12-9-6-3)82-76(79)70-67-64-61-58-55-53-51-49-46-29-27-25-23-20-17-14-11-8-5-2/h8,11-12,15,17,20,25,27-28,30,46,49,53,55,73H,4-7,9-10,13-14,16,18-19,21-24,26,29,31-45,47-48,50-52,54,56-72H2,1-3H3/b11-8-,15-12-,20-17-,27-25-,30-28-,49-46-,55-53-. The fraction of sp³-hybridized carbons (Fsp3) is 0.776. The van der Waals surface area contributed by atoms with Crippen molar-refractivity contribution in [1.82, 2.24) is 0 Å². The first-order valence-corrected chi connectivity index (χ1v) is 35.6. The normalized spacial score (nSPS) is 12.6. The molecule has 0 fully saturated rings. The van der Waals surface area contributed by atoms with Crippen molar-refractivity contribution < 1.29 is 28.6 Å². The van der Waals surface area contributed by atoms with Crippen molar-refractivity contribution in [2.45, 2.75) is 367 Å². The molecule has 6 heteroatoms.